The van der Waals surface area contributed by atoms with Crippen molar-refractivity contribution in [2.45, 2.75) is 0 Å². The molecule has 2 rings (SSSR count). The van der Waals surface area contributed by atoms with E-state index in [1.165, 1.54) is 6.26 Å². The first-order valence-electron chi connectivity index (χ1n) is 4.33. The molecule has 0 unspecified atom stereocenters. The summed E-state index contributed by atoms with van der Waals surface area (Å²) in [6, 6.07) is 3.57. The van der Waals surface area contributed by atoms with Crippen LogP contribution in [0.3, 0.4) is 0 Å². The Morgan fingerprint density at radius 2 is 2.50 bits per heavy atom. The van der Waals surface area contributed by atoms with E-state index in [1.54, 1.807) is 25.4 Å². The maximum absolute atomic E-state index is 11.6. The minimum absolute atomic E-state index is 0.00931. The zero-order valence-corrected chi connectivity index (χ0v) is 7.78. The number of fused-ring (bicyclic) bond motifs is 1. The van der Waals surface area contributed by atoms with Crippen molar-refractivity contribution >= 4 is 16.9 Å². The van der Waals surface area contributed by atoms with Gasteiger partial charge in [0.05, 0.1) is 12.1 Å². The van der Waals surface area contributed by atoms with Crippen LogP contribution in [-0.2, 0) is 0 Å². The van der Waals surface area contributed by atoms with Crippen LogP contribution < -0.4 is 5.32 Å². The smallest absolute Gasteiger partial charge is 0.182 e. The summed E-state index contributed by atoms with van der Waals surface area (Å²) in [7, 11) is 1.73. The number of Topliss-reactive ketones (excluding diaryl/α,β-unsaturated/α-hetero) is 1. The average molecular weight is 190 g/mol. The van der Waals surface area contributed by atoms with Crippen LogP contribution in [0.15, 0.2) is 29.0 Å². The van der Waals surface area contributed by atoms with E-state index in [2.05, 4.69) is 10.3 Å². The predicted octanol–water partition coefficient (Wildman–Crippen LogP) is 1.23. The van der Waals surface area contributed by atoms with Crippen LogP contribution in [0.2, 0.25) is 0 Å². The van der Waals surface area contributed by atoms with Crippen molar-refractivity contribution in [3.8, 4) is 0 Å². The second kappa shape index (κ2) is 3.59. The fourth-order valence-electron chi connectivity index (χ4n) is 1.32. The molecule has 72 valence electrons. The minimum Gasteiger partial charge on any atom is -0.462 e. The molecule has 0 bridgehead atoms. The van der Waals surface area contributed by atoms with E-state index >= 15 is 0 Å². The van der Waals surface area contributed by atoms with Gasteiger partial charge < -0.3 is 9.73 Å². The monoisotopic (exact) mass is 190 g/mol. The molecule has 4 nitrogen and oxygen atoms in total. The Labute approximate surface area is 80.9 Å². The Morgan fingerprint density at radius 3 is 3.29 bits per heavy atom. The number of nitrogens with one attached hydrogen (secondary N) is 1. The first kappa shape index (κ1) is 8.90. The Balaban J connectivity index is 2.47. The standard InChI is InChI=1S/C10H10N2O2/c1-11-5-8(13)7-6-14-9-3-2-4-12-10(7)9/h2-4,6,11H,5H2,1H3. The van der Waals surface area contributed by atoms with Crippen LogP contribution >= 0.6 is 0 Å². The molecule has 0 aromatic carbocycles. The molecule has 2 aromatic heterocycles. The predicted molar refractivity (Wildman–Crippen MR) is 52.3 cm³/mol. The first-order valence-corrected chi connectivity index (χ1v) is 4.33. The van der Waals surface area contributed by atoms with Crippen molar-refractivity contribution in [3.63, 3.8) is 0 Å². The van der Waals surface area contributed by atoms with Gasteiger partial charge in [-0.05, 0) is 19.2 Å². The van der Waals surface area contributed by atoms with Gasteiger partial charge in [-0.3, -0.25) is 9.78 Å². The van der Waals surface area contributed by atoms with Crippen LogP contribution in [0.25, 0.3) is 11.1 Å². The maximum Gasteiger partial charge on any atom is 0.182 e. The van der Waals surface area contributed by atoms with E-state index in [-0.39, 0.29) is 5.78 Å². The highest BCUT2D eigenvalue weighted by molar-refractivity contribution is 6.06. The number of hydrogen-bond donors (Lipinski definition) is 1. The largest absolute Gasteiger partial charge is 0.462 e. The summed E-state index contributed by atoms with van der Waals surface area (Å²) < 4.78 is 5.21. The lowest BCUT2D eigenvalue weighted by molar-refractivity contribution is 0.0994. The number of likely N-dealkylation sites (N-methyl/N-ethyl adjacent to an activating group) is 1. The zero-order chi connectivity index (χ0) is 9.97. The van der Waals surface area contributed by atoms with Crippen LogP contribution in [0.1, 0.15) is 10.4 Å². The van der Waals surface area contributed by atoms with E-state index in [0.29, 0.717) is 23.2 Å². The SMILES string of the molecule is CNCC(=O)c1coc2cccnc12. The summed E-state index contributed by atoms with van der Waals surface area (Å²) in [5, 5.41) is 2.80. The Morgan fingerprint density at radius 1 is 1.64 bits per heavy atom. The van der Waals surface area contributed by atoms with E-state index in [1.807, 2.05) is 0 Å². The van der Waals surface area contributed by atoms with Crippen LogP contribution in [0, 0.1) is 0 Å². The van der Waals surface area contributed by atoms with Crippen LogP contribution in [-0.4, -0.2) is 24.4 Å². The third-order valence-electron chi connectivity index (χ3n) is 1.97. The lowest BCUT2D eigenvalue weighted by atomic mass is 10.2. The lowest BCUT2D eigenvalue weighted by Crippen LogP contribution is -2.18. The van der Waals surface area contributed by atoms with Gasteiger partial charge in [0.15, 0.2) is 11.4 Å². The lowest BCUT2D eigenvalue weighted by Gasteiger charge is -1.95. The van der Waals surface area contributed by atoms with Gasteiger partial charge in [-0.2, -0.15) is 0 Å². The number of nitrogens with zero attached hydrogens (tertiary/aromatic N) is 1. The third kappa shape index (κ3) is 1.40. The maximum atomic E-state index is 11.6. The third-order valence-corrected chi connectivity index (χ3v) is 1.97. The summed E-state index contributed by atoms with van der Waals surface area (Å²) in [6.45, 7) is 0.297. The normalized spacial score (nSPS) is 10.6. The number of furan rings is 1. The molecular weight excluding hydrogens is 180 g/mol. The number of rotatable bonds is 3. The highest BCUT2D eigenvalue weighted by Gasteiger charge is 2.13. The van der Waals surface area contributed by atoms with Gasteiger partial charge in [0.2, 0.25) is 0 Å². The summed E-state index contributed by atoms with van der Waals surface area (Å²) in [5.74, 6) is -0.00931. The molecule has 1 N–H and O–H groups in total. The zero-order valence-electron chi connectivity index (χ0n) is 7.78. The van der Waals surface area contributed by atoms with Gasteiger partial charge in [0, 0.05) is 6.20 Å². The number of pyridine rings is 1. The van der Waals surface area contributed by atoms with Crippen molar-refractivity contribution in [2.75, 3.05) is 13.6 Å². The van der Waals surface area contributed by atoms with Crippen molar-refractivity contribution in [2.24, 2.45) is 0 Å². The molecule has 0 saturated carbocycles. The highest BCUT2D eigenvalue weighted by Crippen LogP contribution is 2.18. The molecule has 2 heterocycles. The molecule has 0 spiro atoms. The second-order valence-electron chi connectivity index (χ2n) is 2.95. The molecule has 4 heteroatoms. The van der Waals surface area contributed by atoms with Crippen LogP contribution in [0.5, 0.6) is 0 Å². The number of carbonyl (C=O) groups is 1. The van der Waals surface area contributed by atoms with E-state index in [0.717, 1.165) is 0 Å². The second-order valence-corrected chi connectivity index (χ2v) is 2.95. The van der Waals surface area contributed by atoms with Gasteiger partial charge in [0.25, 0.3) is 0 Å². The molecule has 0 saturated heterocycles. The summed E-state index contributed by atoms with van der Waals surface area (Å²) in [6.07, 6.45) is 3.10. The first-order chi connectivity index (χ1) is 6.83. The summed E-state index contributed by atoms with van der Waals surface area (Å²) in [4.78, 5) is 15.7. The number of aromatic nitrogens is 1. The van der Waals surface area contributed by atoms with E-state index in [9.17, 15) is 4.79 Å². The molecule has 0 aliphatic rings. The topological polar surface area (TPSA) is 55.1 Å². The molecule has 0 amide bonds. The number of ketones is 1. The molecule has 0 fully saturated rings. The summed E-state index contributed by atoms with van der Waals surface area (Å²) >= 11 is 0. The van der Waals surface area contributed by atoms with Gasteiger partial charge in [-0.25, -0.2) is 0 Å². The molecule has 0 radical (unpaired) electrons. The molecule has 2 aromatic rings. The fraction of sp³-hybridized carbons (Fsp3) is 0.200. The van der Waals surface area contributed by atoms with Crippen LogP contribution in [0.4, 0.5) is 0 Å². The average Bonchev–Trinajstić information content (AvgIpc) is 2.61. The number of carbonyl (C=O) groups excluding carboxylic acids is 1. The molecule has 0 aliphatic heterocycles. The molecule has 14 heavy (non-hydrogen) atoms. The van der Waals surface area contributed by atoms with Gasteiger partial charge in [-0.15, -0.1) is 0 Å². The van der Waals surface area contributed by atoms with Gasteiger partial charge >= 0.3 is 0 Å². The van der Waals surface area contributed by atoms with Gasteiger partial charge in [0.1, 0.15) is 11.8 Å². The quantitative estimate of drug-likeness (QED) is 0.739. The van der Waals surface area contributed by atoms with Crippen molar-refractivity contribution in [1.29, 1.82) is 0 Å². The molecule has 0 atom stereocenters. The van der Waals surface area contributed by atoms with E-state index in [4.69, 9.17) is 4.42 Å². The van der Waals surface area contributed by atoms with Gasteiger partial charge in [-0.1, -0.05) is 0 Å². The Kier molecular flexibility index (Phi) is 2.28. The highest BCUT2D eigenvalue weighted by atomic mass is 16.3. The van der Waals surface area contributed by atoms with Crippen molar-refractivity contribution in [3.05, 3.63) is 30.2 Å². The fourth-order valence-corrected chi connectivity index (χ4v) is 1.32. The molecular formula is C10H10N2O2. The summed E-state index contributed by atoms with van der Waals surface area (Å²) in [5.41, 5.74) is 1.81. The Hall–Kier alpha value is -1.68. The van der Waals surface area contributed by atoms with E-state index < -0.39 is 0 Å². The van der Waals surface area contributed by atoms with Crippen molar-refractivity contribution < 1.29 is 9.21 Å². The number of hydrogen-bond acceptors (Lipinski definition) is 4. The minimum atomic E-state index is -0.00931. The Bertz CT molecular complexity index is 462. The molecule has 0 aliphatic carbocycles. The van der Waals surface area contributed by atoms with Crippen molar-refractivity contribution in [1.82, 2.24) is 10.3 Å².